The minimum absolute atomic E-state index is 0.0174. The van der Waals surface area contributed by atoms with Gasteiger partial charge in [0, 0.05) is 37.7 Å². The third-order valence-corrected chi connectivity index (χ3v) is 6.84. The maximum Gasteiger partial charge on any atom is 0.246 e. The zero-order valence-corrected chi connectivity index (χ0v) is 16.5. The van der Waals surface area contributed by atoms with Crippen molar-refractivity contribution in [2.24, 2.45) is 5.92 Å². The van der Waals surface area contributed by atoms with E-state index in [1.54, 1.807) is 17.1 Å². The molecule has 0 spiro atoms. The summed E-state index contributed by atoms with van der Waals surface area (Å²) in [5, 5.41) is 0. The molecule has 26 heavy (non-hydrogen) atoms. The summed E-state index contributed by atoms with van der Waals surface area (Å²) < 4.78 is 31.0. The molecule has 7 heteroatoms. The highest BCUT2D eigenvalue weighted by Gasteiger charge is 2.36. The molecule has 1 aromatic rings. The SMILES string of the molecule is CCN(C1CCN(C(=O)C=Cc2ccc(C3CC3C)o2)CC1)S(C)(=O)=O. The van der Waals surface area contributed by atoms with Gasteiger partial charge in [-0.3, -0.25) is 4.79 Å². The number of nitrogens with zero attached hydrogens (tertiary/aromatic N) is 2. The van der Waals surface area contributed by atoms with Gasteiger partial charge < -0.3 is 9.32 Å². The fraction of sp³-hybridized carbons (Fsp3) is 0.632. The van der Waals surface area contributed by atoms with Crippen LogP contribution in [0.5, 0.6) is 0 Å². The van der Waals surface area contributed by atoms with E-state index < -0.39 is 10.0 Å². The lowest BCUT2D eigenvalue weighted by molar-refractivity contribution is -0.127. The van der Waals surface area contributed by atoms with Crippen molar-refractivity contribution in [3.8, 4) is 0 Å². The number of sulfonamides is 1. The zero-order valence-electron chi connectivity index (χ0n) is 15.7. The first-order valence-corrected chi connectivity index (χ1v) is 11.2. The van der Waals surface area contributed by atoms with Gasteiger partial charge in [-0.1, -0.05) is 13.8 Å². The van der Waals surface area contributed by atoms with Crippen LogP contribution in [-0.2, 0) is 14.8 Å². The Hall–Kier alpha value is -1.60. The molecular formula is C19H28N2O4S. The highest BCUT2D eigenvalue weighted by Crippen LogP contribution is 2.47. The maximum atomic E-state index is 12.4. The van der Waals surface area contributed by atoms with Gasteiger partial charge >= 0.3 is 0 Å². The Labute approximate surface area is 155 Å². The van der Waals surface area contributed by atoms with Gasteiger partial charge in [0.05, 0.1) is 6.26 Å². The van der Waals surface area contributed by atoms with Crippen LogP contribution in [0.1, 0.15) is 50.5 Å². The number of hydrogen-bond acceptors (Lipinski definition) is 4. The maximum absolute atomic E-state index is 12.4. The lowest BCUT2D eigenvalue weighted by atomic mass is 10.0. The summed E-state index contributed by atoms with van der Waals surface area (Å²) in [5.74, 6) is 2.88. The molecule has 1 amide bonds. The van der Waals surface area contributed by atoms with Crippen molar-refractivity contribution in [1.29, 1.82) is 0 Å². The summed E-state index contributed by atoms with van der Waals surface area (Å²) in [6.07, 6.45) is 7.03. The molecule has 1 aliphatic heterocycles. The van der Waals surface area contributed by atoms with E-state index in [0.29, 0.717) is 50.1 Å². The van der Waals surface area contributed by atoms with E-state index in [9.17, 15) is 13.2 Å². The Bertz CT molecular complexity index is 775. The Balaban J connectivity index is 1.53. The number of carbonyl (C=O) groups excluding carboxylic acids is 1. The summed E-state index contributed by atoms with van der Waals surface area (Å²) in [6, 6.07) is 3.88. The second-order valence-corrected chi connectivity index (χ2v) is 9.35. The summed E-state index contributed by atoms with van der Waals surface area (Å²) in [6.45, 7) is 5.67. The summed E-state index contributed by atoms with van der Waals surface area (Å²) in [7, 11) is -3.20. The first-order chi connectivity index (χ1) is 12.3. The van der Waals surface area contributed by atoms with Crippen LogP contribution in [0.4, 0.5) is 0 Å². The monoisotopic (exact) mass is 380 g/mol. The molecule has 1 aromatic heterocycles. The fourth-order valence-electron chi connectivity index (χ4n) is 3.77. The van der Waals surface area contributed by atoms with Gasteiger partial charge in [0.25, 0.3) is 0 Å². The molecule has 1 saturated heterocycles. The van der Waals surface area contributed by atoms with Gasteiger partial charge in [0.1, 0.15) is 11.5 Å². The third-order valence-electron chi connectivity index (χ3n) is 5.43. The lowest BCUT2D eigenvalue weighted by Gasteiger charge is -2.36. The zero-order chi connectivity index (χ0) is 18.9. The van der Waals surface area contributed by atoms with Gasteiger partial charge in [-0.05, 0) is 43.4 Å². The highest BCUT2D eigenvalue weighted by atomic mass is 32.2. The standard InChI is InChI=1S/C19H28N2O4S/c1-4-21(26(3,23)24)15-9-11-20(12-10-15)19(22)8-6-16-5-7-18(25-16)17-13-14(17)2/h5-8,14-15,17H,4,9-13H2,1-3H3. The van der Waals surface area contributed by atoms with Crippen LogP contribution < -0.4 is 0 Å². The molecule has 1 aliphatic carbocycles. The van der Waals surface area contributed by atoms with Crippen LogP contribution in [0.25, 0.3) is 6.08 Å². The van der Waals surface area contributed by atoms with Crippen molar-refractivity contribution in [3.05, 3.63) is 29.7 Å². The summed E-state index contributed by atoms with van der Waals surface area (Å²) in [4.78, 5) is 14.2. The molecule has 6 nitrogen and oxygen atoms in total. The van der Waals surface area contributed by atoms with E-state index in [-0.39, 0.29) is 11.9 Å². The Morgan fingerprint density at radius 3 is 2.54 bits per heavy atom. The fourth-order valence-corrected chi connectivity index (χ4v) is 4.99. The first kappa shape index (κ1) is 19.2. The van der Waals surface area contributed by atoms with Crippen LogP contribution in [-0.4, -0.2) is 55.5 Å². The lowest BCUT2D eigenvalue weighted by Crippen LogP contribution is -2.48. The molecule has 0 N–H and O–H groups in total. The Morgan fingerprint density at radius 1 is 1.35 bits per heavy atom. The molecule has 0 radical (unpaired) electrons. The molecule has 2 atom stereocenters. The quantitative estimate of drug-likeness (QED) is 0.712. The molecule has 2 aliphatic rings. The Kier molecular flexibility index (Phi) is 5.58. The van der Waals surface area contributed by atoms with E-state index in [1.165, 1.54) is 17.0 Å². The van der Waals surface area contributed by atoms with Crippen molar-refractivity contribution in [3.63, 3.8) is 0 Å². The number of hydrogen-bond donors (Lipinski definition) is 0. The largest absolute Gasteiger partial charge is 0.461 e. The smallest absolute Gasteiger partial charge is 0.246 e. The molecule has 1 saturated carbocycles. The average molecular weight is 381 g/mol. The third kappa shape index (κ3) is 4.38. The van der Waals surface area contributed by atoms with E-state index in [4.69, 9.17) is 4.42 Å². The topological polar surface area (TPSA) is 70.8 Å². The second kappa shape index (κ2) is 7.56. The van der Waals surface area contributed by atoms with Crippen molar-refractivity contribution < 1.29 is 17.6 Å². The minimum atomic E-state index is -3.20. The molecular weight excluding hydrogens is 352 g/mol. The van der Waals surface area contributed by atoms with E-state index in [2.05, 4.69) is 6.92 Å². The van der Waals surface area contributed by atoms with Crippen LogP contribution in [0.3, 0.4) is 0 Å². The van der Waals surface area contributed by atoms with Crippen LogP contribution in [0.2, 0.25) is 0 Å². The highest BCUT2D eigenvalue weighted by molar-refractivity contribution is 7.88. The number of piperidine rings is 1. The van der Waals surface area contributed by atoms with Gasteiger partial charge in [-0.2, -0.15) is 4.31 Å². The van der Waals surface area contributed by atoms with Gasteiger partial charge in [0.15, 0.2) is 0 Å². The van der Waals surface area contributed by atoms with Crippen molar-refractivity contribution >= 4 is 22.0 Å². The van der Waals surface area contributed by atoms with Crippen molar-refractivity contribution in [2.45, 2.75) is 45.1 Å². The van der Waals surface area contributed by atoms with Gasteiger partial charge in [-0.15, -0.1) is 0 Å². The number of likely N-dealkylation sites (tertiary alicyclic amines) is 1. The molecule has 2 unspecified atom stereocenters. The van der Waals surface area contributed by atoms with E-state index in [0.717, 1.165) is 5.76 Å². The van der Waals surface area contributed by atoms with Crippen molar-refractivity contribution in [1.82, 2.24) is 9.21 Å². The van der Waals surface area contributed by atoms with E-state index in [1.807, 2.05) is 19.1 Å². The number of furan rings is 1. The normalized spacial score (nSPS) is 24.5. The van der Waals surface area contributed by atoms with Crippen LogP contribution in [0, 0.1) is 5.92 Å². The molecule has 2 heterocycles. The molecule has 2 fully saturated rings. The second-order valence-electron chi connectivity index (χ2n) is 7.42. The molecule has 0 aromatic carbocycles. The average Bonchev–Trinajstić information content (AvgIpc) is 3.14. The molecule has 144 valence electrons. The minimum Gasteiger partial charge on any atom is -0.461 e. The number of carbonyl (C=O) groups is 1. The van der Waals surface area contributed by atoms with Crippen LogP contribution >= 0.6 is 0 Å². The van der Waals surface area contributed by atoms with E-state index >= 15 is 0 Å². The number of rotatable bonds is 6. The number of amides is 1. The predicted molar refractivity (Wildman–Crippen MR) is 101 cm³/mol. The first-order valence-electron chi connectivity index (χ1n) is 9.33. The predicted octanol–water partition coefficient (Wildman–Crippen LogP) is 2.69. The summed E-state index contributed by atoms with van der Waals surface area (Å²) >= 11 is 0. The molecule has 3 rings (SSSR count). The molecule has 0 bridgehead atoms. The van der Waals surface area contributed by atoms with Gasteiger partial charge in [-0.25, -0.2) is 8.42 Å². The van der Waals surface area contributed by atoms with Crippen LogP contribution in [0.15, 0.2) is 22.6 Å². The van der Waals surface area contributed by atoms with Crippen molar-refractivity contribution in [2.75, 3.05) is 25.9 Å². The Morgan fingerprint density at radius 2 is 2.00 bits per heavy atom. The summed E-state index contributed by atoms with van der Waals surface area (Å²) in [5.41, 5.74) is 0. The van der Waals surface area contributed by atoms with Gasteiger partial charge in [0.2, 0.25) is 15.9 Å².